The minimum atomic E-state index is -0.275. The fourth-order valence-corrected chi connectivity index (χ4v) is 1.29. The van der Waals surface area contributed by atoms with Crippen LogP contribution in [0.2, 0.25) is 0 Å². The highest BCUT2D eigenvalue weighted by molar-refractivity contribution is 8.00. The molecule has 2 N–H and O–H groups in total. The summed E-state index contributed by atoms with van der Waals surface area (Å²) in [4.78, 5) is 10.8. The summed E-state index contributed by atoms with van der Waals surface area (Å²) < 4.78 is 4.72. The monoisotopic (exact) mass is 203 g/mol. The van der Waals surface area contributed by atoms with E-state index < -0.39 is 0 Å². The van der Waals surface area contributed by atoms with Crippen LogP contribution < -0.4 is 5.73 Å². The van der Waals surface area contributed by atoms with E-state index >= 15 is 0 Å². The minimum absolute atomic E-state index is 0.275. The zero-order valence-corrected chi connectivity index (χ0v) is 8.97. The zero-order chi connectivity index (χ0) is 10.1. The van der Waals surface area contributed by atoms with Gasteiger partial charge in [0.2, 0.25) is 0 Å². The fourth-order valence-electron chi connectivity index (χ4n) is 0.623. The highest BCUT2D eigenvalue weighted by Crippen LogP contribution is 2.08. The molecule has 4 heteroatoms. The van der Waals surface area contributed by atoms with Crippen LogP contribution in [0.4, 0.5) is 0 Å². The van der Waals surface area contributed by atoms with Crippen LogP contribution >= 0.6 is 11.8 Å². The van der Waals surface area contributed by atoms with Crippen LogP contribution in [0.25, 0.3) is 0 Å². The molecule has 76 valence electrons. The molecule has 0 saturated heterocycles. The molecule has 0 rings (SSSR count). The van der Waals surface area contributed by atoms with Crippen LogP contribution in [0.3, 0.4) is 0 Å². The van der Waals surface area contributed by atoms with Crippen LogP contribution in [0.1, 0.15) is 13.8 Å². The summed E-state index contributed by atoms with van der Waals surface area (Å²) in [5, 5.41) is 0.437. The lowest BCUT2D eigenvalue weighted by atomic mass is 10.5. The molecule has 0 aliphatic carbocycles. The summed E-state index contributed by atoms with van der Waals surface area (Å²) in [6.07, 6.45) is 3.26. The Balaban J connectivity index is 3.46. The predicted molar refractivity (Wildman–Crippen MR) is 56.7 cm³/mol. The molecule has 0 fully saturated rings. The molecule has 0 aliphatic rings. The molecule has 0 spiro atoms. The normalized spacial score (nSPS) is 13.2. The van der Waals surface area contributed by atoms with E-state index in [4.69, 9.17) is 10.5 Å². The molecule has 0 amide bonds. The van der Waals surface area contributed by atoms with Crippen molar-refractivity contribution in [1.82, 2.24) is 0 Å². The average Bonchev–Trinajstić information content (AvgIpc) is 2.12. The molecule has 3 nitrogen and oxygen atoms in total. The summed E-state index contributed by atoms with van der Waals surface area (Å²) in [5.41, 5.74) is 5.43. The summed E-state index contributed by atoms with van der Waals surface area (Å²) in [6.45, 7) is 4.94. The van der Waals surface area contributed by atoms with Gasteiger partial charge < -0.3 is 10.5 Å². The molecule has 0 saturated carbocycles. The Labute approximate surface area is 83.7 Å². The molecule has 1 unspecified atom stereocenters. The molecule has 0 heterocycles. The van der Waals surface area contributed by atoms with Crippen LogP contribution in [0.15, 0.2) is 12.2 Å². The Kier molecular flexibility index (Phi) is 7.83. The number of thioether (sulfide) groups is 1. The highest BCUT2D eigenvalue weighted by Gasteiger charge is 1.97. The van der Waals surface area contributed by atoms with Crippen molar-refractivity contribution in [2.75, 3.05) is 18.9 Å². The van der Waals surface area contributed by atoms with E-state index in [1.54, 1.807) is 24.8 Å². The van der Waals surface area contributed by atoms with Crippen LogP contribution in [0, 0.1) is 0 Å². The third kappa shape index (κ3) is 7.87. The number of hydrogen-bond acceptors (Lipinski definition) is 4. The van der Waals surface area contributed by atoms with Crippen molar-refractivity contribution in [2.24, 2.45) is 5.73 Å². The SMILES string of the molecule is CCOC(=O)/C=C/CSC(C)CN. The van der Waals surface area contributed by atoms with Gasteiger partial charge in [-0.25, -0.2) is 4.79 Å². The first-order valence-electron chi connectivity index (χ1n) is 4.35. The van der Waals surface area contributed by atoms with Crippen molar-refractivity contribution in [3.63, 3.8) is 0 Å². The van der Waals surface area contributed by atoms with Crippen molar-refractivity contribution in [2.45, 2.75) is 19.1 Å². The Morgan fingerprint density at radius 2 is 2.38 bits per heavy atom. The molecule has 13 heavy (non-hydrogen) atoms. The van der Waals surface area contributed by atoms with Gasteiger partial charge in [-0.15, -0.1) is 0 Å². The van der Waals surface area contributed by atoms with E-state index in [-0.39, 0.29) is 5.97 Å². The smallest absolute Gasteiger partial charge is 0.330 e. The maximum absolute atomic E-state index is 10.8. The second kappa shape index (κ2) is 8.13. The van der Waals surface area contributed by atoms with Crippen LogP contribution in [-0.2, 0) is 9.53 Å². The van der Waals surface area contributed by atoms with E-state index in [1.165, 1.54) is 6.08 Å². The molecule has 0 radical (unpaired) electrons. The Bertz CT molecular complexity index is 171. The summed E-state index contributed by atoms with van der Waals surface area (Å²) >= 11 is 1.72. The number of nitrogens with two attached hydrogens (primary N) is 1. The van der Waals surface area contributed by atoms with Crippen LogP contribution in [-0.4, -0.2) is 30.1 Å². The molecule has 0 aliphatic heterocycles. The van der Waals surface area contributed by atoms with E-state index in [0.717, 1.165) is 5.75 Å². The molecule has 0 bridgehead atoms. The van der Waals surface area contributed by atoms with Gasteiger partial charge in [0.25, 0.3) is 0 Å². The van der Waals surface area contributed by atoms with E-state index in [1.807, 2.05) is 0 Å². The van der Waals surface area contributed by atoms with Gasteiger partial charge in [-0.1, -0.05) is 13.0 Å². The Morgan fingerprint density at radius 3 is 2.92 bits per heavy atom. The second-order valence-electron chi connectivity index (χ2n) is 2.53. The standard InChI is InChI=1S/C9H17NO2S/c1-3-12-9(11)5-4-6-13-8(2)7-10/h4-5,8H,3,6-7,10H2,1-2H3/b5-4+. The summed E-state index contributed by atoms with van der Waals surface area (Å²) in [5.74, 6) is 0.528. The first-order valence-corrected chi connectivity index (χ1v) is 5.40. The minimum Gasteiger partial charge on any atom is -0.463 e. The molecule has 1 atom stereocenters. The van der Waals surface area contributed by atoms with Crippen molar-refractivity contribution >= 4 is 17.7 Å². The molecular formula is C9H17NO2S. The molecule has 0 aromatic rings. The Hall–Kier alpha value is -0.480. The van der Waals surface area contributed by atoms with E-state index in [0.29, 0.717) is 18.4 Å². The van der Waals surface area contributed by atoms with E-state index in [9.17, 15) is 4.79 Å². The van der Waals surface area contributed by atoms with Crippen molar-refractivity contribution in [1.29, 1.82) is 0 Å². The van der Waals surface area contributed by atoms with Crippen molar-refractivity contribution in [3.05, 3.63) is 12.2 Å². The van der Waals surface area contributed by atoms with Gasteiger partial charge in [0.15, 0.2) is 0 Å². The van der Waals surface area contributed by atoms with Crippen LogP contribution in [0.5, 0.6) is 0 Å². The predicted octanol–water partition coefficient (Wildman–Crippen LogP) is 1.19. The number of esters is 1. The fraction of sp³-hybridized carbons (Fsp3) is 0.667. The average molecular weight is 203 g/mol. The summed E-state index contributed by atoms with van der Waals surface area (Å²) in [6, 6.07) is 0. The van der Waals surface area contributed by atoms with Crippen molar-refractivity contribution in [3.8, 4) is 0 Å². The number of rotatable bonds is 6. The van der Waals surface area contributed by atoms with Gasteiger partial charge in [-0.05, 0) is 6.92 Å². The first-order chi connectivity index (χ1) is 6.20. The van der Waals surface area contributed by atoms with Gasteiger partial charge in [0.05, 0.1) is 6.61 Å². The van der Waals surface area contributed by atoms with E-state index in [2.05, 4.69) is 6.92 Å². The Morgan fingerprint density at radius 1 is 1.69 bits per heavy atom. The van der Waals surface area contributed by atoms with Gasteiger partial charge in [-0.3, -0.25) is 0 Å². The number of carbonyl (C=O) groups excluding carboxylic acids is 1. The maximum atomic E-state index is 10.8. The quantitative estimate of drug-likeness (QED) is 0.520. The molecular weight excluding hydrogens is 186 g/mol. The number of carbonyl (C=O) groups is 1. The lowest BCUT2D eigenvalue weighted by molar-refractivity contribution is -0.137. The zero-order valence-electron chi connectivity index (χ0n) is 8.16. The van der Waals surface area contributed by atoms with Crippen molar-refractivity contribution < 1.29 is 9.53 Å². The second-order valence-corrected chi connectivity index (χ2v) is 4.01. The number of hydrogen-bond donors (Lipinski definition) is 1. The highest BCUT2D eigenvalue weighted by atomic mass is 32.2. The topological polar surface area (TPSA) is 52.3 Å². The number of ether oxygens (including phenoxy) is 1. The third-order valence-electron chi connectivity index (χ3n) is 1.35. The first kappa shape index (κ1) is 12.5. The van der Waals surface area contributed by atoms with Gasteiger partial charge in [-0.2, -0.15) is 11.8 Å². The third-order valence-corrected chi connectivity index (χ3v) is 2.50. The molecule has 0 aromatic carbocycles. The van der Waals surface area contributed by atoms with Gasteiger partial charge >= 0.3 is 5.97 Å². The largest absolute Gasteiger partial charge is 0.463 e. The lowest BCUT2D eigenvalue weighted by Crippen LogP contribution is -2.12. The van der Waals surface area contributed by atoms with Gasteiger partial charge in [0, 0.05) is 23.6 Å². The lowest BCUT2D eigenvalue weighted by Gasteiger charge is -2.04. The summed E-state index contributed by atoms with van der Waals surface area (Å²) in [7, 11) is 0. The van der Waals surface area contributed by atoms with Gasteiger partial charge in [0.1, 0.15) is 0 Å². The maximum Gasteiger partial charge on any atom is 0.330 e. The molecule has 0 aromatic heterocycles.